The third-order valence-electron chi connectivity index (χ3n) is 2.23. The SMILES string of the molecule is COc1ccc(C)c(NC(=O)CBr)c1C. The van der Waals surface area contributed by atoms with Crippen LogP contribution < -0.4 is 10.1 Å². The number of rotatable bonds is 3. The summed E-state index contributed by atoms with van der Waals surface area (Å²) in [6, 6.07) is 3.82. The van der Waals surface area contributed by atoms with E-state index < -0.39 is 0 Å². The number of carbonyl (C=O) groups excluding carboxylic acids is 1. The Hall–Kier alpha value is -1.03. The first-order chi connectivity index (χ1) is 7.10. The van der Waals surface area contributed by atoms with Crippen LogP contribution in [0.2, 0.25) is 0 Å². The summed E-state index contributed by atoms with van der Waals surface area (Å²) in [4.78, 5) is 11.3. The number of carbonyl (C=O) groups is 1. The summed E-state index contributed by atoms with van der Waals surface area (Å²) in [5, 5.41) is 3.13. The molecule has 0 aromatic heterocycles. The Balaban J connectivity index is 3.09. The van der Waals surface area contributed by atoms with Gasteiger partial charge in [-0.15, -0.1) is 0 Å². The summed E-state index contributed by atoms with van der Waals surface area (Å²) in [5.74, 6) is 0.722. The molecule has 0 aliphatic rings. The van der Waals surface area contributed by atoms with Crippen LogP contribution in [0.25, 0.3) is 0 Å². The molecule has 0 bridgehead atoms. The first-order valence-electron chi connectivity index (χ1n) is 4.60. The molecule has 0 atom stereocenters. The molecule has 0 unspecified atom stereocenters. The fraction of sp³-hybridized carbons (Fsp3) is 0.364. The van der Waals surface area contributed by atoms with Gasteiger partial charge in [-0.3, -0.25) is 4.79 Å². The fourth-order valence-corrected chi connectivity index (χ4v) is 1.55. The van der Waals surface area contributed by atoms with Gasteiger partial charge in [0.15, 0.2) is 0 Å². The molecule has 82 valence electrons. The van der Waals surface area contributed by atoms with E-state index in [0.717, 1.165) is 22.6 Å². The van der Waals surface area contributed by atoms with Crippen LogP contribution in [-0.2, 0) is 4.79 Å². The van der Waals surface area contributed by atoms with Crippen molar-refractivity contribution in [3.8, 4) is 5.75 Å². The highest BCUT2D eigenvalue weighted by molar-refractivity contribution is 9.09. The Bertz CT molecular complexity index is 377. The van der Waals surface area contributed by atoms with Crippen molar-refractivity contribution in [3.05, 3.63) is 23.3 Å². The zero-order valence-corrected chi connectivity index (χ0v) is 10.6. The molecule has 0 heterocycles. The predicted octanol–water partition coefficient (Wildman–Crippen LogP) is 2.65. The molecule has 1 aromatic carbocycles. The second-order valence-electron chi connectivity index (χ2n) is 3.27. The predicted molar refractivity (Wildman–Crippen MR) is 64.9 cm³/mol. The molecule has 0 saturated carbocycles. The van der Waals surface area contributed by atoms with Crippen molar-refractivity contribution in [3.63, 3.8) is 0 Å². The number of amides is 1. The van der Waals surface area contributed by atoms with Gasteiger partial charge in [0, 0.05) is 5.56 Å². The maximum absolute atomic E-state index is 11.3. The lowest BCUT2D eigenvalue weighted by Crippen LogP contribution is -2.14. The number of methoxy groups -OCH3 is 1. The van der Waals surface area contributed by atoms with Crippen LogP contribution in [-0.4, -0.2) is 18.3 Å². The van der Waals surface area contributed by atoms with E-state index in [0.29, 0.717) is 5.33 Å². The number of anilines is 1. The van der Waals surface area contributed by atoms with E-state index in [2.05, 4.69) is 21.2 Å². The maximum atomic E-state index is 11.3. The molecule has 0 radical (unpaired) electrons. The second-order valence-corrected chi connectivity index (χ2v) is 3.83. The van der Waals surface area contributed by atoms with Crippen LogP contribution >= 0.6 is 15.9 Å². The lowest BCUT2D eigenvalue weighted by molar-refractivity contribution is -0.113. The highest BCUT2D eigenvalue weighted by Crippen LogP contribution is 2.28. The molecular formula is C11H14BrNO2. The number of hydrogen-bond acceptors (Lipinski definition) is 2. The Morgan fingerprint density at radius 2 is 2.13 bits per heavy atom. The minimum absolute atomic E-state index is 0.0607. The third-order valence-corrected chi connectivity index (χ3v) is 2.74. The molecule has 1 N–H and O–H groups in total. The van der Waals surface area contributed by atoms with Crippen LogP contribution in [0.5, 0.6) is 5.75 Å². The van der Waals surface area contributed by atoms with Gasteiger partial charge in [0.1, 0.15) is 5.75 Å². The maximum Gasteiger partial charge on any atom is 0.235 e. The van der Waals surface area contributed by atoms with Crippen LogP contribution in [0.15, 0.2) is 12.1 Å². The first-order valence-corrected chi connectivity index (χ1v) is 5.72. The van der Waals surface area contributed by atoms with Crippen molar-refractivity contribution in [2.45, 2.75) is 13.8 Å². The number of halogens is 1. The van der Waals surface area contributed by atoms with Crippen LogP contribution in [0, 0.1) is 13.8 Å². The van der Waals surface area contributed by atoms with Gasteiger partial charge < -0.3 is 10.1 Å². The summed E-state index contributed by atoms with van der Waals surface area (Å²) in [7, 11) is 1.62. The Morgan fingerprint density at radius 3 is 2.67 bits per heavy atom. The number of ether oxygens (including phenoxy) is 1. The summed E-state index contributed by atoms with van der Waals surface area (Å²) >= 11 is 3.11. The van der Waals surface area contributed by atoms with Crippen molar-refractivity contribution in [1.82, 2.24) is 0 Å². The van der Waals surface area contributed by atoms with E-state index >= 15 is 0 Å². The average Bonchev–Trinajstić information content (AvgIpc) is 2.24. The van der Waals surface area contributed by atoms with Gasteiger partial charge in [0.25, 0.3) is 0 Å². The zero-order chi connectivity index (χ0) is 11.4. The molecule has 0 saturated heterocycles. The van der Waals surface area contributed by atoms with Gasteiger partial charge in [-0.25, -0.2) is 0 Å². The van der Waals surface area contributed by atoms with Crippen LogP contribution in [0.3, 0.4) is 0 Å². The minimum Gasteiger partial charge on any atom is -0.496 e. The molecular weight excluding hydrogens is 258 g/mol. The molecule has 1 aromatic rings. The molecule has 15 heavy (non-hydrogen) atoms. The van der Waals surface area contributed by atoms with Crippen molar-refractivity contribution >= 4 is 27.5 Å². The third kappa shape index (κ3) is 2.72. The smallest absolute Gasteiger partial charge is 0.235 e. The van der Waals surface area contributed by atoms with Gasteiger partial charge in [-0.1, -0.05) is 22.0 Å². The van der Waals surface area contributed by atoms with E-state index in [-0.39, 0.29) is 5.91 Å². The lowest BCUT2D eigenvalue weighted by Gasteiger charge is -2.13. The molecule has 1 amide bonds. The second kappa shape index (κ2) is 5.16. The van der Waals surface area contributed by atoms with E-state index in [4.69, 9.17) is 4.74 Å². The van der Waals surface area contributed by atoms with Crippen molar-refractivity contribution < 1.29 is 9.53 Å². The van der Waals surface area contributed by atoms with E-state index in [1.165, 1.54) is 0 Å². The molecule has 3 nitrogen and oxygen atoms in total. The fourth-order valence-electron chi connectivity index (χ4n) is 1.41. The number of hydrogen-bond donors (Lipinski definition) is 1. The van der Waals surface area contributed by atoms with Crippen LogP contribution in [0.1, 0.15) is 11.1 Å². The molecule has 1 rings (SSSR count). The normalized spacial score (nSPS) is 9.87. The Labute approximate surface area is 97.9 Å². The summed E-state index contributed by atoms with van der Waals surface area (Å²) in [6.07, 6.45) is 0. The number of benzene rings is 1. The van der Waals surface area contributed by atoms with E-state index in [1.807, 2.05) is 26.0 Å². The Kier molecular flexibility index (Phi) is 4.15. The highest BCUT2D eigenvalue weighted by Gasteiger charge is 2.09. The average molecular weight is 272 g/mol. The Morgan fingerprint density at radius 1 is 1.47 bits per heavy atom. The van der Waals surface area contributed by atoms with Crippen molar-refractivity contribution in [1.29, 1.82) is 0 Å². The van der Waals surface area contributed by atoms with Gasteiger partial charge in [0.2, 0.25) is 5.91 Å². The number of nitrogens with one attached hydrogen (secondary N) is 1. The molecule has 0 aliphatic carbocycles. The first kappa shape index (κ1) is 12.0. The number of alkyl halides is 1. The van der Waals surface area contributed by atoms with E-state index in [1.54, 1.807) is 7.11 Å². The minimum atomic E-state index is -0.0607. The summed E-state index contributed by atoms with van der Waals surface area (Å²) in [5.41, 5.74) is 2.81. The number of aryl methyl sites for hydroxylation is 1. The van der Waals surface area contributed by atoms with Gasteiger partial charge >= 0.3 is 0 Å². The van der Waals surface area contributed by atoms with Gasteiger partial charge in [-0.05, 0) is 25.5 Å². The summed E-state index contributed by atoms with van der Waals surface area (Å²) < 4.78 is 5.19. The summed E-state index contributed by atoms with van der Waals surface area (Å²) in [6.45, 7) is 3.88. The standard InChI is InChI=1S/C11H14BrNO2/c1-7-4-5-9(15-3)8(2)11(7)13-10(14)6-12/h4-5H,6H2,1-3H3,(H,13,14). The monoisotopic (exact) mass is 271 g/mol. The van der Waals surface area contributed by atoms with E-state index in [9.17, 15) is 4.79 Å². The zero-order valence-electron chi connectivity index (χ0n) is 9.06. The molecule has 4 heteroatoms. The van der Waals surface area contributed by atoms with Crippen molar-refractivity contribution in [2.24, 2.45) is 0 Å². The lowest BCUT2D eigenvalue weighted by atomic mass is 10.1. The van der Waals surface area contributed by atoms with Gasteiger partial charge in [0.05, 0.1) is 18.1 Å². The largest absolute Gasteiger partial charge is 0.496 e. The van der Waals surface area contributed by atoms with Crippen molar-refractivity contribution in [2.75, 3.05) is 17.8 Å². The highest BCUT2D eigenvalue weighted by atomic mass is 79.9. The molecule has 0 aliphatic heterocycles. The van der Waals surface area contributed by atoms with Crippen LogP contribution in [0.4, 0.5) is 5.69 Å². The topological polar surface area (TPSA) is 38.3 Å². The molecule has 0 spiro atoms. The quantitative estimate of drug-likeness (QED) is 0.859. The van der Waals surface area contributed by atoms with Gasteiger partial charge in [-0.2, -0.15) is 0 Å². The molecule has 0 fully saturated rings.